The fraction of sp³-hybridized carbons (Fsp3) is 0.300. The molecule has 0 saturated carbocycles. The second-order valence-electron chi connectivity index (χ2n) is 3.24. The number of hydrogen-bond donors (Lipinski definition) is 1. The molecule has 0 aliphatic heterocycles. The van der Waals surface area contributed by atoms with Gasteiger partial charge in [0.25, 0.3) is 5.91 Å². The molecule has 0 atom stereocenters. The first-order valence-corrected chi connectivity index (χ1v) is 7.19. The van der Waals surface area contributed by atoms with Gasteiger partial charge in [0.05, 0.1) is 5.75 Å². The number of hydrogen-bond acceptors (Lipinski definition) is 3. The Bertz CT molecular complexity index is 485. The lowest BCUT2D eigenvalue weighted by molar-refractivity contribution is 0.0955. The van der Waals surface area contributed by atoms with E-state index >= 15 is 0 Å². The molecular weight excluding hydrogens is 250 g/mol. The second-order valence-corrected chi connectivity index (χ2v) is 6.02. The minimum atomic E-state index is -3.59. The topological polar surface area (TPSA) is 63.2 Å². The summed E-state index contributed by atoms with van der Waals surface area (Å²) in [6.07, 6.45) is 0. The third-order valence-corrected chi connectivity index (χ3v) is 2.87. The summed E-state index contributed by atoms with van der Waals surface area (Å²) in [5, 5.41) is 2.63. The maximum absolute atomic E-state index is 11.5. The first-order valence-electron chi connectivity index (χ1n) is 4.72. The molecule has 1 aromatic rings. The molecule has 0 aromatic heterocycles. The van der Waals surface area contributed by atoms with Crippen LogP contribution in [0, 0.1) is 0 Å². The Kier molecular flexibility index (Phi) is 4.32. The predicted molar refractivity (Wildman–Crippen MR) is 62.9 cm³/mol. The Labute approximate surface area is 99.0 Å². The van der Waals surface area contributed by atoms with Gasteiger partial charge in [-0.25, -0.2) is 8.42 Å². The zero-order valence-electron chi connectivity index (χ0n) is 8.73. The fourth-order valence-electron chi connectivity index (χ4n) is 1.26. The molecule has 16 heavy (non-hydrogen) atoms. The third-order valence-electron chi connectivity index (χ3n) is 1.87. The molecule has 0 aliphatic carbocycles. The Balaban J connectivity index is 2.91. The highest BCUT2D eigenvalue weighted by molar-refractivity contribution is 8.13. The molecule has 0 spiro atoms. The van der Waals surface area contributed by atoms with Crippen LogP contribution in [0.5, 0.6) is 0 Å². The predicted octanol–water partition coefficient (Wildman–Crippen LogP) is 1.50. The van der Waals surface area contributed by atoms with Crippen LogP contribution in [0.1, 0.15) is 22.8 Å². The van der Waals surface area contributed by atoms with E-state index in [1.165, 1.54) is 6.07 Å². The van der Waals surface area contributed by atoms with Gasteiger partial charge in [-0.05, 0) is 24.6 Å². The molecule has 6 heteroatoms. The van der Waals surface area contributed by atoms with Crippen molar-refractivity contribution < 1.29 is 13.2 Å². The Morgan fingerprint density at radius 1 is 1.44 bits per heavy atom. The van der Waals surface area contributed by atoms with E-state index < -0.39 is 9.05 Å². The van der Waals surface area contributed by atoms with E-state index in [1.54, 1.807) is 18.2 Å². The normalized spacial score (nSPS) is 11.1. The van der Waals surface area contributed by atoms with Crippen molar-refractivity contribution >= 4 is 25.6 Å². The summed E-state index contributed by atoms with van der Waals surface area (Å²) in [5.41, 5.74) is 0.929. The van der Waals surface area contributed by atoms with Crippen LogP contribution in [0.4, 0.5) is 0 Å². The molecular formula is C10H12ClNO3S. The van der Waals surface area contributed by atoms with Gasteiger partial charge in [-0.1, -0.05) is 12.1 Å². The average Bonchev–Trinajstić information content (AvgIpc) is 2.16. The van der Waals surface area contributed by atoms with Crippen LogP contribution in [-0.2, 0) is 14.8 Å². The van der Waals surface area contributed by atoms with Gasteiger partial charge in [0, 0.05) is 22.8 Å². The summed E-state index contributed by atoms with van der Waals surface area (Å²) in [4.78, 5) is 11.5. The van der Waals surface area contributed by atoms with Gasteiger partial charge in [0.2, 0.25) is 9.05 Å². The van der Waals surface area contributed by atoms with E-state index in [1.807, 2.05) is 6.92 Å². The summed E-state index contributed by atoms with van der Waals surface area (Å²) >= 11 is 0. The maximum Gasteiger partial charge on any atom is 0.251 e. The van der Waals surface area contributed by atoms with Gasteiger partial charge in [-0.3, -0.25) is 4.79 Å². The molecule has 1 rings (SSSR count). The number of rotatable bonds is 4. The van der Waals surface area contributed by atoms with Crippen molar-refractivity contribution in [2.24, 2.45) is 0 Å². The van der Waals surface area contributed by atoms with Crippen molar-refractivity contribution in [1.29, 1.82) is 0 Å². The van der Waals surface area contributed by atoms with Gasteiger partial charge in [-0.15, -0.1) is 0 Å². The van der Waals surface area contributed by atoms with Crippen molar-refractivity contribution in [2.45, 2.75) is 12.7 Å². The smallest absolute Gasteiger partial charge is 0.251 e. The van der Waals surface area contributed by atoms with Gasteiger partial charge >= 0.3 is 0 Å². The standard InChI is InChI=1S/C10H12ClNO3S/c1-2-12-10(13)9-5-3-4-8(6-9)7-16(11,14)15/h3-6H,2,7H2,1H3,(H,12,13). The molecule has 1 aromatic carbocycles. The van der Waals surface area contributed by atoms with E-state index in [-0.39, 0.29) is 11.7 Å². The van der Waals surface area contributed by atoms with E-state index in [0.29, 0.717) is 17.7 Å². The summed E-state index contributed by atoms with van der Waals surface area (Å²) in [6.45, 7) is 2.34. The van der Waals surface area contributed by atoms with Crippen molar-refractivity contribution in [3.8, 4) is 0 Å². The second kappa shape index (κ2) is 5.32. The van der Waals surface area contributed by atoms with Crippen LogP contribution < -0.4 is 5.32 Å². The minimum Gasteiger partial charge on any atom is -0.352 e. The maximum atomic E-state index is 11.5. The molecule has 0 heterocycles. The quantitative estimate of drug-likeness (QED) is 0.836. The van der Waals surface area contributed by atoms with Gasteiger partial charge in [-0.2, -0.15) is 0 Å². The molecule has 1 amide bonds. The largest absolute Gasteiger partial charge is 0.352 e. The molecule has 1 N–H and O–H groups in total. The average molecular weight is 262 g/mol. The SMILES string of the molecule is CCNC(=O)c1cccc(CS(=O)(=O)Cl)c1. The Morgan fingerprint density at radius 2 is 2.12 bits per heavy atom. The molecule has 0 saturated heterocycles. The van der Waals surface area contributed by atoms with Gasteiger partial charge < -0.3 is 5.32 Å². The van der Waals surface area contributed by atoms with E-state index in [4.69, 9.17) is 10.7 Å². The molecule has 0 bridgehead atoms. The van der Waals surface area contributed by atoms with Gasteiger partial charge in [0.15, 0.2) is 0 Å². The molecule has 4 nitrogen and oxygen atoms in total. The highest BCUT2D eigenvalue weighted by Gasteiger charge is 2.09. The monoisotopic (exact) mass is 261 g/mol. The fourth-order valence-corrected chi connectivity index (χ4v) is 2.22. The lowest BCUT2D eigenvalue weighted by Crippen LogP contribution is -2.22. The van der Waals surface area contributed by atoms with Crippen LogP contribution in [0.25, 0.3) is 0 Å². The highest BCUT2D eigenvalue weighted by atomic mass is 35.7. The van der Waals surface area contributed by atoms with Crippen LogP contribution in [0.2, 0.25) is 0 Å². The van der Waals surface area contributed by atoms with E-state index in [0.717, 1.165) is 0 Å². The molecule has 88 valence electrons. The lowest BCUT2D eigenvalue weighted by Gasteiger charge is -2.04. The Hall–Kier alpha value is -1.07. The summed E-state index contributed by atoms with van der Waals surface area (Å²) in [5.74, 6) is -0.502. The highest BCUT2D eigenvalue weighted by Crippen LogP contribution is 2.11. The Morgan fingerprint density at radius 3 is 2.69 bits per heavy atom. The van der Waals surface area contributed by atoms with Crippen molar-refractivity contribution in [1.82, 2.24) is 5.32 Å². The van der Waals surface area contributed by atoms with Crippen molar-refractivity contribution in [2.75, 3.05) is 6.54 Å². The number of nitrogens with one attached hydrogen (secondary N) is 1. The van der Waals surface area contributed by atoms with Crippen LogP contribution >= 0.6 is 10.7 Å². The van der Waals surface area contributed by atoms with Gasteiger partial charge in [0.1, 0.15) is 0 Å². The zero-order valence-corrected chi connectivity index (χ0v) is 10.3. The first-order chi connectivity index (χ1) is 7.42. The molecule has 0 fully saturated rings. The van der Waals surface area contributed by atoms with Crippen LogP contribution in [-0.4, -0.2) is 20.9 Å². The van der Waals surface area contributed by atoms with Crippen molar-refractivity contribution in [3.63, 3.8) is 0 Å². The van der Waals surface area contributed by atoms with E-state index in [9.17, 15) is 13.2 Å². The molecule has 0 aliphatic rings. The lowest BCUT2D eigenvalue weighted by atomic mass is 10.1. The number of carbonyl (C=O) groups excluding carboxylic acids is 1. The van der Waals surface area contributed by atoms with E-state index in [2.05, 4.69) is 5.32 Å². The molecule has 0 radical (unpaired) electrons. The zero-order chi connectivity index (χ0) is 12.2. The summed E-state index contributed by atoms with van der Waals surface area (Å²) < 4.78 is 21.7. The number of amides is 1. The third kappa shape index (κ3) is 4.20. The molecule has 0 unspecified atom stereocenters. The summed E-state index contributed by atoms with van der Waals surface area (Å²) in [6, 6.07) is 6.38. The number of benzene rings is 1. The van der Waals surface area contributed by atoms with Crippen LogP contribution in [0.3, 0.4) is 0 Å². The minimum absolute atomic E-state index is 0.226. The van der Waals surface area contributed by atoms with Crippen LogP contribution in [0.15, 0.2) is 24.3 Å². The summed E-state index contributed by atoms with van der Waals surface area (Å²) in [7, 11) is 1.54. The van der Waals surface area contributed by atoms with Crippen molar-refractivity contribution in [3.05, 3.63) is 35.4 Å². The first kappa shape index (κ1) is 13.0. The number of halogens is 1. The number of carbonyl (C=O) groups is 1.